The number of hydrogen-bond acceptors (Lipinski definition) is 2. The van der Waals surface area contributed by atoms with E-state index in [2.05, 4.69) is 5.32 Å². The smallest absolute Gasteiger partial charge is 0.255 e. The van der Waals surface area contributed by atoms with Crippen molar-refractivity contribution in [2.75, 3.05) is 5.32 Å². The van der Waals surface area contributed by atoms with E-state index in [1.165, 1.54) is 0 Å². The highest BCUT2D eigenvalue weighted by Gasteiger charge is 2.08. The number of carbonyl (C=O) groups excluding carboxylic acids is 1. The molecule has 3 nitrogen and oxygen atoms in total. The molecule has 98 valence electrons. The van der Waals surface area contributed by atoms with Gasteiger partial charge in [0.25, 0.3) is 5.91 Å². The van der Waals surface area contributed by atoms with E-state index in [9.17, 15) is 4.79 Å². The predicted molar refractivity (Wildman–Crippen MR) is 78.7 cm³/mol. The van der Waals surface area contributed by atoms with Crippen LogP contribution in [-0.4, -0.2) is 5.91 Å². The number of benzene rings is 2. The van der Waals surface area contributed by atoms with Crippen molar-refractivity contribution in [2.24, 2.45) is 5.73 Å². The molecule has 0 heterocycles. The highest BCUT2D eigenvalue weighted by Crippen LogP contribution is 2.25. The Morgan fingerprint density at radius 2 is 1.79 bits per heavy atom. The Morgan fingerprint density at radius 3 is 2.37 bits per heavy atom. The summed E-state index contributed by atoms with van der Waals surface area (Å²) >= 11 is 11.8. The largest absolute Gasteiger partial charge is 0.326 e. The molecule has 2 aromatic rings. The van der Waals surface area contributed by atoms with Gasteiger partial charge in [-0.1, -0.05) is 35.3 Å². The second-order valence-corrected chi connectivity index (χ2v) is 4.82. The number of rotatable bonds is 3. The first-order valence-corrected chi connectivity index (χ1v) is 6.41. The number of nitrogens with two attached hydrogens (primary N) is 1. The maximum atomic E-state index is 12.0. The third-order valence-corrected chi connectivity index (χ3v) is 3.18. The van der Waals surface area contributed by atoms with E-state index >= 15 is 0 Å². The maximum Gasteiger partial charge on any atom is 0.255 e. The minimum Gasteiger partial charge on any atom is -0.326 e. The summed E-state index contributed by atoms with van der Waals surface area (Å²) in [5, 5.41) is 3.66. The van der Waals surface area contributed by atoms with Gasteiger partial charge in [0.15, 0.2) is 0 Å². The zero-order chi connectivity index (χ0) is 13.8. The zero-order valence-electron chi connectivity index (χ0n) is 9.99. The molecule has 0 atom stereocenters. The first-order chi connectivity index (χ1) is 9.10. The first-order valence-electron chi connectivity index (χ1n) is 5.65. The van der Waals surface area contributed by atoms with Gasteiger partial charge in [-0.2, -0.15) is 0 Å². The molecule has 0 bridgehead atoms. The number of carbonyl (C=O) groups is 1. The van der Waals surface area contributed by atoms with E-state index in [-0.39, 0.29) is 5.91 Å². The summed E-state index contributed by atoms with van der Waals surface area (Å²) in [4.78, 5) is 12.0. The third kappa shape index (κ3) is 3.47. The van der Waals surface area contributed by atoms with Crippen LogP contribution in [-0.2, 0) is 6.54 Å². The molecule has 0 aromatic heterocycles. The fraction of sp³-hybridized carbons (Fsp3) is 0.0714. The van der Waals surface area contributed by atoms with Gasteiger partial charge in [0.05, 0.1) is 10.7 Å². The van der Waals surface area contributed by atoms with Crippen molar-refractivity contribution in [3.05, 3.63) is 63.6 Å². The van der Waals surface area contributed by atoms with Crippen LogP contribution in [0.25, 0.3) is 0 Å². The summed E-state index contributed by atoms with van der Waals surface area (Å²) in [6.07, 6.45) is 0. The van der Waals surface area contributed by atoms with Gasteiger partial charge in [-0.15, -0.1) is 0 Å². The van der Waals surface area contributed by atoms with Crippen molar-refractivity contribution in [2.45, 2.75) is 6.54 Å². The quantitative estimate of drug-likeness (QED) is 0.907. The molecule has 0 aliphatic rings. The molecule has 0 saturated carbocycles. The van der Waals surface area contributed by atoms with Crippen molar-refractivity contribution >= 4 is 34.8 Å². The van der Waals surface area contributed by atoms with E-state index in [1.54, 1.807) is 30.3 Å². The Kier molecular flexibility index (Phi) is 4.43. The molecule has 5 heteroatoms. The predicted octanol–water partition coefficient (Wildman–Crippen LogP) is 3.70. The third-order valence-electron chi connectivity index (χ3n) is 2.63. The number of amides is 1. The van der Waals surface area contributed by atoms with Crippen LogP contribution in [0.5, 0.6) is 0 Å². The van der Waals surface area contributed by atoms with Gasteiger partial charge >= 0.3 is 0 Å². The number of anilines is 1. The van der Waals surface area contributed by atoms with E-state index in [1.807, 2.05) is 12.1 Å². The van der Waals surface area contributed by atoms with Crippen LogP contribution in [0.15, 0.2) is 42.5 Å². The van der Waals surface area contributed by atoms with Crippen molar-refractivity contribution in [1.29, 1.82) is 0 Å². The molecule has 3 N–H and O–H groups in total. The monoisotopic (exact) mass is 294 g/mol. The molecule has 1 amide bonds. The molecule has 0 saturated heterocycles. The van der Waals surface area contributed by atoms with E-state index in [4.69, 9.17) is 28.9 Å². The fourth-order valence-electron chi connectivity index (χ4n) is 1.58. The van der Waals surface area contributed by atoms with Crippen molar-refractivity contribution in [3.8, 4) is 0 Å². The second kappa shape index (κ2) is 6.06. The highest BCUT2D eigenvalue weighted by molar-refractivity contribution is 6.36. The van der Waals surface area contributed by atoms with Crippen molar-refractivity contribution in [3.63, 3.8) is 0 Å². The minimum atomic E-state index is -0.229. The van der Waals surface area contributed by atoms with Crippen LogP contribution >= 0.6 is 23.2 Å². The average molecular weight is 295 g/mol. The van der Waals surface area contributed by atoms with Gasteiger partial charge in [0.1, 0.15) is 0 Å². The standard InChI is InChI=1S/C14H12Cl2N2O/c15-11-5-6-13(12(16)7-11)18-14(19)10-3-1-9(8-17)2-4-10/h1-7H,8,17H2,(H,18,19). The summed E-state index contributed by atoms with van der Waals surface area (Å²) in [5.41, 5.74) is 7.55. The van der Waals surface area contributed by atoms with Crippen LogP contribution in [0, 0.1) is 0 Å². The van der Waals surface area contributed by atoms with Crippen LogP contribution in [0.2, 0.25) is 10.0 Å². The molecule has 2 aromatic carbocycles. The van der Waals surface area contributed by atoms with Gasteiger partial charge in [-0.3, -0.25) is 4.79 Å². The lowest BCUT2D eigenvalue weighted by atomic mass is 10.1. The second-order valence-electron chi connectivity index (χ2n) is 3.98. The molecular weight excluding hydrogens is 283 g/mol. The van der Waals surface area contributed by atoms with Crippen LogP contribution in [0.4, 0.5) is 5.69 Å². The van der Waals surface area contributed by atoms with Gasteiger partial charge in [0.2, 0.25) is 0 Å². The lowest BCUT2D eigenvalue weighted by Crippen LogP contribution is -2.12. The van der Waals surface area contributed by atoms with Gasteiger partial charge in [-0.05, 0) is 35.9 Å². The molecular formula is C14H12Cl2N2O. The molecule has 0 radical (unpaired) electrons. The summed E-state index contributed by atoms with van der Waals surface area (Å²) in [7, 11) is 0. The molecule has 19 heavy (non-hydrogen) atoms. The van der Waals surface area contributed by atoms with E-state index in [0.29, 0.717) is 27.8 Å². The summed E-state index contributed by atoms with van der Waals surface area (Å²) in [5.74, 6) is -0.229. The Bertz CT molecular complexity index is 597. The molecule has 0 aliphatic carbocycles. The van der Waals surface area contributed by atoms with Crippen LogP contribution in [0.3, 0.4) is 0 Å². The zero-order valence-corrected chi connectivity index (χ0v) is 11.5. The minimum absolute atomic E-state index is 0.229. The van der Waals surface area contributed by atoms with Crippen LogP contribution < -0.4 is 11.1 Å². The lowest BCUT2D eigenvalue weighted by Gasteiger charge is -2.08. The molecule has 2 rings (SSSR count). The number of nitrogens with one attached hydrogen (secondary N) is 1. The Labute approximate surface area is 121 Å². The molecule has 0 fully saturated rings. The maximum absolute atomic E-state index is 12.0. The topological polar surface area (TPSA) is 55.1 Å². The Hall–Kier alpha value is -1.55. The van der Waals surface area contributed by atoms with Gasteiger partial charge in [-0.25, -0.2) is 0 Å². The number of halogens is 2. The first kappa shape index (κ1) is 13.9. The summed E-state index contributed by atoms with van der Waals surface area (Å²) in [6, 6.07) is 12.0. The van der Waals surface area contributed by atoms with E-state index < -0.39 is 0 Å². The number of hydrogen-bond donors (Lipinski definition) is 2. The van der Waals surface area contributed by atoms with Gasteiger partial charge < -0.3 is 11.1 Å². The lowest BCUT2D eigenvalue weighted by molar-refractivity contribution is 0.102. The average Bonchev–Trinajstić information content (AvgIpc) is 2.42. The Morgan fingerprint density at radius 1 is 1.11 bits per heavy atom. The molecule has 0 aliphatic heterocycles. The fourth-order valence-corrected chi connectivity index (χ4v) is 2.03. The normalized spacial score (nSPS) is 10.3. The van der Waals surface area contributed by atoms with Crippen LogP contribution in [0.1, 0.15) is 15.9 Å². The van der Waals surface area contributed by atoms with Crippen molar-refractivity contribution < 1.29 is 4.79 Å². The highest BCUT2D eigenvalue weighted by atomic mass is 35.5. The summed E-state index contributed by atoms with van der Waals surface area (Å²) < 4.78 is 0. The van der Waals surface area contributed by atoms with Gasteiger partial charge in [0, 0.05) is 17.1 Å². The Balaban J connectivity index is 2.15. The molecule has 0 unspecified atom stereocenters. The SMILES string of the molecule is NCc1ccc(C(=O)Nc2ccc(Cl)cc2Cl)cc1. The summed E-state index contributed by atoms with van der Waals surface area (Å²) in [6.45, 7) is 0.449. The van der Waals surface area contributed by atoms with E-state index in [0.717, 1.165) is 5.56 Å². The van der Waals surface area contributed by atoms with Crippen molar-refractivity contribution in [1.82, 2.24) is 0 Å². The molecule has 0 spiro atoms.